The normalized spacial score (nSPS) is 21.9. The number of anilines is 1. The van der Waals surface area contributed by atoms with Crippen molar-refractivity contribution >= 4 is 17.5 Å². The largest absolute Gasteiger partial charge is 0.331 e. The molecule has 3 aromatic rings. The van der Waals surface area contributed by atoms with Gasteiger partial charge in [-0.05, 0) is 60.4 Å². The van der Waals surface area contributed by atoms with Crippen molar-refractivity contribution in [2.75, 3.05) is 37.6 Å². The first-order valence-electron chi connectivity index (χ1n) is 14.1. The topological polar surface area (TPSA) is 68.8 Å². The highest BCUT2D eigenvalue weighted by atomic mass is 19.1. The lowest BCUT2D eigenvalue weighted by molar-refractivity contribution is -0.120. The minimum atomic E-state index is -0.243. The Kier molecular flexibility index (Phi) is 6.92. The molecule has 208 valence electrons. The van der Waals surface area contributed by atoms with Crippen molar-refractivity contribution in [3.63, 3.8) is 0 Å². The summed E-state index contributed by atoms with van der Waals surface area (Å²) in [6, 6.07) is 16.9. The molecule has 2 atom stereocenters. The third-order valence-corrected chi connectivity index (χ3v) is 8.50. The molecule has 3 aliphatic heterocycles. The summed E-state index contributed by atoms with van der Waals surface area (Å²) < 4.78 is 13.4. The number of aromatic nitrogens is 1. The van der Waals surface area contributed by atoms with Crippen molar-refractivity contribution in [2.45, 2.75) is 51.2 Å². The van der Waals surface area contributed by atoms with E-state index in [1.807, 2.05) is 15.9 Å². The van der Waals surface area contributed by atoms with Gasteiger partial charge in [0.05, 0.1) is 24.3 Å². The van der Waals surface area contributed by atoms with Crippen LogP contribution in [0.5, 0.6) is 0 Å². The van der Waals surface area contributed by atoms with Gasteiger partial charge in [-0.2, -0.15) is 0 Å². The van der Waals surface area contributed by atoms with E-state index in [-0.39, 0.29) is 35.1 Å². The van der Waals surface area contributed by atoms with E-state index in [0.717, 1.165) is 29.1 Å². The number of carbonyl (C=O) groups is 2. The third kappa shape index (κ3) is 5.13. The molecule has 4 heterocycles. The van der Waals surface area contributed by atoms with E-state index in [2.05, 4.69) is 54.2 Å². The van der Waals surface area contributed by atoms with Crippen LogP contribution in [0.15, 0.2) is 60.8 Å². The average Bonchev–Trinajstić information content (AvgIpc) is 3.39. The highest BCUT2D eigenvalue weighted by Gasteiger charge is 2.40. The fraction of sp³-hybridized carbons (Fsp3) is 0.406. The fourth-order valence-corrected chi connectivity index (χ4v) is 6.36. The Balaban J connectivity index is 1.19. The molecule has 1 N–H and O–H groups in total. The molecule has 0 radical (unpaired) electrons. The van der Waals surface area contributed by atoms with Gasteiger partial charge in [0.25, 0.3) is 5.91 Å². The smallest absolute Gasteiger partial charge is 0.256 e. The van der Waals surface area contributed by atoms with Crippen LogP contribution in [0.1, 0.15) is 53.5 Å². The van der Waals surface area contributed by atoms with Crippen molar-refractivity contribution in [3.8, 4) is 0 Å². The standard InChI is InChI=1S/C32H36FN5O2/c1-21-16-36(25(15-35-21)17-37-18-28-26(31(37)40)5-4-12-34-28)19-30(39)38-20-32(2,3)27-11-8-23(14-29(27)38)13-22-6-9-24(33)10-7-22/h4-12,14,21,25,35H,13,15-20H2,1-3H3/t21-,25-/m1/s1. The lowest BCUT2D eigenvalue weighted by Gasteiger charge is -2.41. The highest BCUT2D eigenvalue weighted by Crippen LogP contribution is 2.41. The van der Waals surface area contributed by atoms with Gasteiger partial charge in [0.2, 0.25) is 5.91 Å². The number of hydrogen-bond donors (Lipinski definition) is 1. The van der Waals surface area contributed by atoms with Crippen LogP contribution in [0.2, 0.25) is 0 Å². The van der Waals surface area contributed by atoms with Gasteiger partial charge in [0, 0.05) is 55.6 Å². The molecule has 0 aliphatic carbocycles. The Labute approximate surface area is 235 Å². The zero-order valence-corrected chi connectivity index (χ0v) is 23.4. The molecular formula is C32H36FN5O2. The minimum absolute atomic E-state index is 0.0110. The van der Waals surface area contributed by atoms with Crippen LogP contribution in [0.4, 0.5) is 10.1 Å². The molecule has 0 bridgehead atoms. The number of nitrogens with one attached hydrogen (secondary N) is 1. The summed E-state index contributed by atoms with van der Waals surface area (Å²) >= 11 is 0. The summed E-state index contributed by atoms with van der Waals surface area (Å²) in [5.41, 5.74) is 5.59. The van der Waals surface area contributed by atoms with Crippen molar-refractivity contribution in [1.29, 1.82) is 0 Å². The van der Waals surface area contributed by atoms with E-state index in [4.69, 9.17) is 0 Å². The lowest BCUT2D eigenvalue weighted by Crippen LogP contribution is -2.60. The maximum Gasteiger partial charge on any atom is 0.256 e. The average molecular weight is 542 g/mol. The van der Waals surface area contributed by atoms with Gasteiger partial charge >= 0.3 is 0 Å². The summed E-state index contributed by atoms with van der Waals surface area (Å²) in [5, 5.41) is 3.53. The molecule has 0 unspecified atom stereocenters. The van der Waals surface area contributed by atoms with Gasteiger partial charge in [-0.3, -0.25) is 19.5 Å². The molecule has 1 saturated heterocycles. The maximum atomic E-state index is 13.9. The molecule has 0 spiro atoms. The summed E-state index contributed by atoms with van der Waals surface area (Å²) in [6.45, 7) is 9.91. The molecule has 7 nitrogen and oxygen atoms in total. The minimum Gasteiger partial charge on any atom is -0.331 e. The van der Waals surface area contributed by atoms with Crippen molar-refractivity contribution in [3.05, 3.63) is 94.6 Å². The monoisotopic (exact) mass is 541 g/mol. The first kappa shape index (κ1) is 26.6. The van der Waals surface area contributed by atoms with Gasteiger partial charge in [0.15, 0.2) is 0 Å². The number of pyridine rings is 1. The predicted molar refractivity (Wildman–Crippen MR) is 153 cm³/mol. The lowest BCUT2D eigenvalue weighted by atomic mass is 9.86. The predicted octanol–water partition coefficient (Wildman–Crippen LogP) is 3.75. The van der Waals surface area contributed by atoms with Crippen molar-refractivity contribution in [1.82, 2.24) is 20.1 Å². The van der Waals surface area contributed by atoms with Crippen LogP contribution in [-0.2, 0) is 23.2 Å². The van der Waals surface area contributed by atoms with Crippen molar-refractivity contribution in [2.24, 2.45) is 0 Å². The van der Waals surface area contributed by atoms with Crippen LogP contribution < -0.4 is 10.2 Å². The molecular weight excluding hydrogens is 505 g/mol. The number of amides is 2. The first-order chi connectivity index (χ1) is 19.2. The molecule has 1 aromatic heterocycles. The number of fused-ring (bicyclic) bond motifs is 2. The number of hydrogen-bond acceptors (Lipinski definition) is 5. The van der Waals surface area contributed by atoms with Crippen LogP contribution >= 0.6 is 0 Å². The Morgan fingerprint density at radius 2 is 1.90 bits per heavy atom. The van der Waals surface area contributed by atoms with Crippen LogP contribution in [-0.4, -0.2) is 71.4 Å². The number of benzene rings is 2. The maximum absolute atomic E-state index is 13.9. The summed E-state index contributed by atoms with van der Waals surface area (Å²) in [4.78, 5) is 37.4. The summed E-state index contributed by atoms with van der Waals surface area (Å²) in [7, 11) is 0. The summed E-state index contributed by atoms with van der Waals surface area (Å²) in [6.07, 6.45) is 2.40. The van der Waals surface area contributed by atoms with E-state index in [1.165, 1.54) is 17.7 Å². The second kappa shape index (κ2) is 10.4. The van der Waals surface area contributed by atoms with Crippen LogP contribution in [0, 0.1) is 5.82 Å². The van der Waals surface area contributed by atoms with Gasteiger partial charge < -0.3 is 15.1 Å². The summed E-state index contributed by atoms with van der Waals surface area (Å²) in [5.74, 6) is -0.161. The second-order valence-electron chi connectivity index (χ2n) is 12.1. The van der Waals surface area contributed by atoms with E-state index in [0.29, 0.717) is 44.7 Å². The molecule has 8 heteroatoms. The number of halogens is 1. The van der Waals surface area contributed by atoms with Gasteiger partial charge in [0.1, 0.15) is 5.82 Å². The van der Waals surface area contributed by atoms with E-state index in [9.17, 15) is 14.0 Å². The number of carbonyl (C=O) groups excluding carboxylic acids is 2. The molecule has 2 amide bonds. The van der Waals surface area contributed by atoms with Crippen LogP contribution in [0.3, 0.4) is 0 Å². The van der Waals surface area contributed by atoms with E-state index < -0.39 is 0 Å². The number of piperazine rings is 1. The van der Waals surface area contributed by atoms with Crippen molar-refractivity contribution < 1.29 is 14.0 Å². The quantitative estimate of drug-likeness (QED) is 0.515. The Morgan fingerprint density at radius 1 is 1.12 bits per heavy atom. The zero-order chi connectivity index (χ0) is 28.0. The fourth-order valence-electron chi connectivity index (χ4n) is 6.36. The van der Waals surface area contributed by atoms with Gasteiger partial charge in [-0.25, -0.2) is 4.39 Å². The number of rotatable bonds is 6. The van der Waals surface area contributed by atoms with E-state index in [1.54, 1.807) is 24.4 Å². The van der Waals surface area contributed by atoms with E-state index >= 15 is 0 Å². The first-order valence-corrected chi connectivity index (χ1v) is 14.1. The SMILES string of the molecule is C[C@@H]1CN(CC(=O)N2CC(C)(C)c3ccc(Cc4ccc(F)cc4)cc32)[C@@H](CN2Cc3ncccc3C2=O)CN1. The van der Waals surface area contributed by atoms with Gasteiger partial charge in [-0.1, -0.05) is 38.1 Å². The third-order valence-electron chi connectivity index (χ3n) is 8.50. The van der Waals surface area contributed by atoms with Gasteiger partial charge in [-0.15, -0.1) is 0 Å². The molecule has 0 saturated carbocycles. The molecule has 40 heavy (non-hydrogen) atoms. The second-order valence-corrected chi connectivity index (χ2v) is 12.1. The molecule has 2 aromatic carbocycles. The molecule has 3 aliphatic rings. The highest BCUT2D eigenvalue weighted by molar-refractivity contribution is 5.98. The molecule has 6 rings (SSSR count). The Bertz CT molecular complexity index is 1440. The number of nitrogens with zero attached hydrogens (tertiary/aromatic N) is 4. The molecule has 1 fully saturated rings. The zero-order valence-electron chi connectivity index (χ0n) is 23.4. The van der Waals surface area contributed by atoms with Crippen LogP contribution in [0.25, 0.3) is 0 Å². The Hall–Kier alpha value is -3.62. The Morgan fingerprint density at radius 3 is 2.67 bits per heavy atom.